The van der Waals surface area contributed by atoms with E-state index in [0.29, 0.717) is 5.75 Å². The quantitative estimate of drug-likeness (QED) is 0.501. The maximum absolute atomic E-state index is 13.8. The summed E-state index contributed by atoms with van der Waals surface area (Å²) in [7, 11) is 1.56. The zero-order valence-electron chi connectivity index (χ0n) is 16.5. The lowest BCUT2D eigenvalue weighted by molar-refractivity contribution is 0.0714. The van der Waals surface area contributed by atoms with E-state index in [0.717, 1.165) is 17.2 Å². The molecule has 1 aliphatic heterocycles. The van der Waals surface area contributed by atoms with Crippen molar-refractivity contribution >= 4 is 16.9 Å². The molecule has 7 heteroatoms. The monoisotopic (exact) mass is 416 g/mol. The Labute approximate surface area is 176 Å². The molecule has 2 aromatic heterocycles. The van der Waals surface area contributed by atoms with Crippen molar-refractivity contribution in [1.82, 2.24) is 9.88 Å². The average Bonchev–Trinajstić information content (AvgIpc) is 3.07. The molecule has 4 aromatic rings. The summed E-state index contributed by atoms with van der Waals surface area (Å²) in [6.07, 6.45) is 3.32. The standard InChI is InChI=1S/C24H17FN2O4/c1-30-17-7-4-15(5-8-17)21-20-22(28)18-11-16(25)6-9-19(18)31-23(20)24(29)27(21)13-14-3-2-10-26-12-14/h2-12,21H,13H2,1H3. The number of ether oxygens (including phenoxy) is 1. The van der Waals surface area contributed by atoms with Gasteiger partial charge in [0.1, 0.15) is 17.1 Å². The molecule has 0 aliphatic carbocycles. The number of benzene rings is 2. The summed E-state index contributed by atoms with van der Waals surface area (Å²) in [4.78, 5) is 32.4. The van der Waals surface area contributed by atoms with E-state index >= 15 is 0 Å². The predicted octanol–water partition coefficient (Wildman–Crippen LogP) is 4.08. The van der Waals surface area contributed by atoms with Crippen molar-refractivity contribution in [2.75, 3.05) is 7.11 Å². The second-order valence-electron chi connectivity index (χ2n) is 7.28. The van der Waals surface area contributed by atoms with Gasteiger partial charge in [0.2, 0.25) is 5.76 Å². The Bertz CT molecular complexity index is 1350. The molecule has 1 atom stereocenters. The predicted molar refractivity (Wildman–Crippen MR) is 111 cm³/mol. The molecule has 2 aromatic carbocycles. The molecule has 0 N–H and O–H groups in total. The lowest BCUT2D eigenvalue weighted by Gasteiger charge is -2.25. The number of pyridine rings is 1. The number of carbonyl (C=O) groups excluding carboxylic acids is 1. The van der Waals surface area contributed by atoms with Crippen LogP contribution in [-0.2, 0) is 6.54 Å². The summed E-state index contributed by atoms with van der Waals surface area (Å²) in [6, 6.07) is 13.8. The van der Waals surface area contributed by atoms with Gasteiger partial charge in [-0.05, 0) is 47.5 Å². The van der Waals surface area contributed by atoms with Crippen LogP contribution in [0, 0.1) is 5.82 Å². The molecule has 0 saturated heterocycles. The highest BCUT2D eigenvalue weighted by atomic mass is 19.1. The van der Waals surface area contributed by atoms with Crippen LogP contribution >= 0.6 is 0 Å². The second kappa shape index (κ2) is 7.36. The molecule has 0 radical (unpaired) electrons. The van der Waals surface area contributed by atoms with Crippen LogP contribution in [0.25, 0.3) is 11.0 Å². The molecule has 3 heterocycles. The van der Waals surface area contributed by atoms with Crippen LogP contribution in [0.2, 0.25) is 0 Å². The fourth-order valence-corrected chi connectivity index (χ4v) is 3.98. The van der Waals surface area contributed by atoms with Gasteiger partial charge in [-0.25, -0.2) is 4.39 Å². The second-order valence-corrected chi connectivity index (χ2v) is 7.28. The number of rotatable bonds is 4. The Morgan fingerprint density at radius 2 is 1.94 bits per heavy atom. The minimum atomic E-state index is -0.683. The van der Waals surface area contributed by atoms with Crippen molar-refractivity contribution in [2.45, 2.75) is 12.6 Å². The van der Waals surface area contributed by atoms with Crippen molar-refractivity contribution < 1.29 is 18.3 Å². The molecular weight excluding hydrogens is 399 g/mol. The number of fused-ring (bicyclic) bond motifs is 2. The van der Waals surface area contributed by atoms with Gasteiger partial charge in [0.05, 0.1) is 24.1 Å². The number of carbonyl (C=O) groups is 1. The minimum absolute atomic E-state index is 0.0196. The Balaban J connectivity index is 1.72. The fourth-order valence-electron chi connectivity index (χ4n) is 3.98. The molecule has 1 aliphatic rings. The van der Waals surface area contributed by atoms with Crippen molar-refractivity contribution in [3.8, 4) is 5.75 Å². The highest BCUT2D eigenvalue weighted by Crippen LogP contribution is 2.39. The first-order chi connectivity index (χ1) is 15.1. The molecule has 0 saturated carbocycles. The van der Waals surface area contributed by atoms with Crippen molar-refractivity contribution in [2.24, 2.45) is 0 Å². The highest BCUT2D eigenvalue weighted by molar-refractivity contribution is 5.99. The summed E-state index contributed by atoms with van der Waals surface area (Å²) in [5.74, 6) is -0.311. The third-order valence-corrected chi connectivity index (χ3v) is 5.43. The van der Waals surface area contributed by atoms with E-state index in [1.165, 1.54) is 12.1 Å². The van der Waals surface area contributed by atoms with Crippen LogP contribution in [0.1, 0.15) is 33.3 Å². The van der Waals surface area contributed by atoms with Gasteiger partial charge in [0.25, 0.3) is 5.91 Å². The van der Waals surface area contributed by atoms with Crippen LogP contribution in [0.5, 0.6) is 5.75 Å². The number of hydrogen-bond donors (Lipinski definition) is 0. The lowest BCUT2D eigenvalue weighted by Crippen LogP contribution is -2.29. The first kappa shape index (κ1) is 19.0. The van der Waals surface area contributed by atoms with Gasteiger partial charge in [-0.1, -0.05) is 18.2 Å². The van der Waals surface area contributed by atoms with E-state index in [-0.39, 0.29) is 28.8 Å². The molecule has 1 unspecified atom stereocenters. The van der Waals surface area contributed by atoms with Gasteiger partial charge in [-0.3, -0.25) is 14.6 Å². The average molecular weight is 416 g/mol. The summed E-state index contributed by atoms with van der Waals surface area (Å²) in [5, 5.41) is 0.105. The molecule has 5 rings (SSSR count). The number of halogens is 1. The van der Waals surface area contributed by atoms with Crippen LogP contribution < -0.4 is 10.2 Å². The Morgan fingerprint density at radius 1 is 1.13 bits per heavy atom. The third-order valence-electron chi connectivity index (χ3n) is 5.43. The molecular formula is C24H17FN2O4. The van der Waals surface area contributed by atoms with Crippen LogP contribution in [0.15, 0.2) is 76.2 Å². The number of methoxy groups -OCH3 is 1. The largest absolute Gasteiger partial charge is 0.497 e. The zero-order chi connectivity index (χ0) is 21.5. The topological polar surface area (TPSA) is 72.6 Å². The van der Waals surface area contributed by atoms with Gasteiger partial charge < -0.3 is 14.1 Å². The summed E-state index contributed by atoms with van der Waals surface area (Å²) >= 11 is 0. The number of hydrogen-bond acceptors (Lipinski definition) is 5. The SMILES string of the molecule is COc1ccc(C2c3c(oc4ccc(F)cc4c3=O)C(=O)N2Cc2cccnc2)cc1. The molecule has 0 bridgehead atoms. The molecule has 0 spiro atoms. The molecule has 31 heavy (non-hydrogen) atoms. The lowest BCUT2D eigenvalue weighted by atomic mass is 9.98. The van der Waals surface area contributed by atoms with Crippen LogP contribution in [-0.4, -0.2) is 22.9 Å². The van der Waals surface area contributed by atoms with Crippen molar-refractivity contribution in [1.29, 1.82) is 0 Å². The van der Waals surface area contributed by atoms with Gasteiger partial charge in [0.15, 0.2) is 5.43 Å². The maximum atomic E-state index is 13.8. The molecule has 1 amide bonds. The molecule has 0 fully saturated rings. The first-order valence-electron chi connectivity index (χ1n) is 9.67. The molecule has 6 nitrogen and oxygen atoms in total. The van der Waals surface area contributed by atoms with E-state index in [1.54, 1.807) is 54.7 Å². The van der Waals surface area contributed by atoms with E-state index in [2.05, 4.69) is 4.98 Å². The van der Waals surface area contributed by atoms with Gasteiger partial charge >= 0.3 is 0 Å². The minimum Gasteiger partial charge on any atom is -0.497 e. The van der Waals surface area contributed by atoms with Gasteiger partial charge in [0, 0.05) is 18.9 Å². The van der Waals surface area contributed by atoms with Gasteiger partial charge in [-0.15, -0.1) is 0 Å². The first-order valence-corrected chi connectivity index (χ1v) is 9.67. The smallest absolute Gasteiger partial charge is 0.291 e. The van der Waals surface area contributed by atoms with Crippen LogP contribution in [0.4, 0.5) is 4.39 Å². The highest BCUT2D eigenvalue weighted by Gasteiger charge is 2.42. The van der Waals surface area contributed by atoms with E-state index in [1.807, 2.05) is 6.07 Å². The van der Waals surface area contributed by atoms with E-state index in [4.69, 9.17) is 9.15 Å². The van der Waals surface area contributed by atoms with Gasteiger partial charge in [-0.2, -0.15) is 0 Å². The van der Waals surface area contributed by atoms with E-state index < -0.39 is 23.2 Å². The third kappa shape index (κ3) is 3.15. The van der Waals surface area contributed by atoms with Crippen molar-refractivity contribution in [3.05, 3.63) is 105 Å². The number of amides is 1. The summed E-state index contributed by atoms with van der Waals surface area (Å²) in [6.45, 7) is 0.234. The normalized spacial score (nSPS) is 15.4. The summed E-state index contributed by atoms with van der Waals surface area (Å²) in [5.41, 5.74) is 1.50. The maximum Gasteiger partial charge on any atom is 0.291 e. The van der Waals surface area contributed by atoms with E-state index in [9.17, 15) is 14.0 Å². The van der Waals surface area contributed by atoms with Crippen LogP contribution in [0.3, 0.4) is 0 Å². The number of nitrogens with zero attached hydrogens (tertiary/aromatic N) is 2. The number of aromatic nitrogens is 1. The zero-order valence-corrected chi connectivity index (χ0v) is 16.5. The Morgan fingerprint density at radius 3 is 2.65 bits per heavy atom. The fraction of sp³-hybridized carbons (Fsp3) is 0.125. The van der Waals surface area contributed by atoms with Crippen molar-refractivity contribution in [3.63, 3.8) is 0 Å². The molecule has 154 valence electrons. The Hall–Kier alpha value is -4.00. The summed E-state index contributed by atoms with van der Waals surface area (Å²) < 4.78 is 24.9. The Kier molecular flexibility index (Phi) is 4.51.